The molecule has 3 rings (SSSR count). The van der Waals surface area contributed by atoms with E-state index < -0.39 is 0 Å². The quantitative estimate of drug-likeness (QED) is 0.371. The maximum atomic E-state index is 12.3. The molecule has 1 amide bonds. The fourth-order valence-corrected chi connectivity index (χ4v) is 3.47. The predicted molar refractivity (Wildman–Crippen MR) is 113 cm³/mol. The van der Waals surface area contributed by atoms with E-state index in [1.807, 2.05) is 0 Å². The Hall–Kier alpha value is -1.33. The number of amides is 1. The third kappa shape index (κ3) is 5.35. The van der Waals surface area contributed by atoms with Crippen LogP contribution >= 0.6 is 24.0 Å². The van der Waals surface area contributed by atoms with E-state index in [2.05, 4.69) is 15.2 Å². The molecule has 0 radical (unpaired) electrons. The lowest BCUT2D eigenvalue weighted by Gasteiger charge is -2.39. The molecule has 1 aromatic heterocycles. The van der Waals surface area contributed by atoms with E-state index in [1.54, 1.807) is 24.1 Å². The molecular formula is C18H29IN4O4. The summed E-state index contributed by atoms with van der Waals surface area (Å²) >= 11 is 0. The average molecular weight is 492 g/mol. The largest absolute Gasteiger partial charge is 0.459 e. The van der Waals surface area contributed by atoms with Crippen molar-refractivity contribution in [3.05, 3.63) is 24.2 Å². The summed E-state index contributed by atoms with van der Waals surface area (Å²) < 4.78 is 10.6. The van der Waals surface area contributed by atoms with Crippen LogP contribution in [-0.4, -0.2) is 86.4 Å². The number of guanidine groups is 1. The van der Waals surface area contributed by atoms with Gasteiger partial charge in [0.1, 0.15) is 0 Å². The summed E-state index contributed by atoms with van der Waals surface area (Å²) in [7, 11) is 1.76. The molecule has 152 valence electrons. The van der Waals surface area contributed by atoms with Crippen LogP contribution in [-0.2, 0) is 4.74 Å². The number of carbonyl (C=O) groups excluding carboxylic acids is 1. The van der Waals surface area contributed by atoms with Crippen LogP contribution < -0.4 is 5.32 Å². The zero-order valence-corrected chi connectivity index (χ0v) is 18.1. The summed E-state index contributed by atoms with van der Waals surface area (Å²) in [5.41, 5.74) is -0.148. The first-order chi connectivity index (χ1) is 12.7. The lowest BCUT2D eigenvalue weighted by Crippen LogP contribution is -2.55. The SMILES string of the molecule is CN=C(NCC1(CO)CCOCC1)N1CCN(C(=O)c2ccco2)CC1.I. The number of rotatable bonds is 4. The monoisotopic (exact) mass is 492 g/mol. The highest BCUT2D eigenvalue weighted by Gasteiger charge is 2.33. The van der Waals surface area contributed by atoms with E-state index >= 15 is 0 Å². The highest BCUT2D eigenvalue weighted by atomic mass is 127. The molecule has 2 saturated heterocycles. The first kappa shape index (κ1) is 22.0. The van der Waals surface area contributed by atoms with Gasteiger partial charge in [-0.3, -0.25) is 9.79 Å². The van der Waals surface area contributed by atoms with E-state index in [0.717, 1.165) is 18.8 Å². The Morgan fingerprint density at radius 3 is 2.48 bits per heavy atom. The number of aliphatic imine (C=N–C) groups is 1. The Morgan fingerprint density at radius 1 is 1.26 bits per heavy atom. The van der Waals surface area contributed by atoms with E-state index in [9.17, 15) is 9.90 Å². The van der Waals surface area contributed by atoms with Gasteiger partial charge < -0.3 is 29.4 Å². The Morgan fingerprint density at radius 2 is 1.93 bits per heavy atom. The Labute approximate surface area is 177 Å². The second kappa shape index (κ2) is 10.3. The van der Waals surface area contributed by atoms with Crippen LogP contribution in [0.4, 0.5) is 0 Å². The minimum atomic E-state index is -0.148. The van der Waals surface area contributed by atoms with Gasteiger partial charge in [0, 0.05) is 58.4 Å². The van der Waals surface area contributed by atoms with E-state index in [4.69, 9.17) is 9.15 Å². The number of aliphatic hydroxyl groups is 1. The molecule has 2 N–H and O–H groups in total. The molecule has 0 saturated carbocycles. The van der Waals surface area contributed by atoms with Crippen molar-refractivity contribution in [1.82, 2.24) is 15.1 Å². The number of aliphatic hydroxyl groups excluding tert-OH is 1. The van der Waals surface area contributed by atoms with Gasteiger partial charge in [0.15, 0.2) is 11.7 Å². The van der Waals surface area contributed by atoms with Crippen LogP contribution in [0.15, 0.2) is 27.8 Å². The number of hydrogen-bond donors (Lipinski definition) is 2. The smallest absolute Gasteiger partial charge is 0.289 e. The van der Waals surface area contributed by atoms with Crippen LogP contribution in [0.1, 0.15) is 23.4 Å². The number of furan rings is 1. The zero-order valence-electron chi connectivity index (χ0n) is 15.7. The molecule has 2 fully saturated rings. The lowest BCUT2D eigenvalue weighted by molar-refractivity contribution is -0.0135. The van der Waals surface area contributed by atoms with Crippen molar-refractivity contribution in [3.8, 4) is 0 Å². The predicted octanol–water partition coefficient (Wildman–Crippen LogP) is 1.02. The van der Waals surface area contributed by atoms with Crippen molar-refractivity contribution in [2.45, 2.75) is 12.8 Å². The summed E-state index contributed by atoms with van der Waals surface area (Å²) in [5, 5.41) is 13.2. The van der Waals surface area contributed by atoms with Crippen LogP contribution in [0.5, 0.6) is 0 Å². The van der Waals surface area contributed by atoms with Crippen molar-refractivity contribution in [2.24, 2.45) is 10.4 Å². The molecule has 2 aliphatic heterocycles. The van der Waals surface area contributed by atoms with Gasteiger partial charge in [-0.15, -0.1) is 24.0 Å². The van der Waals surface area contributed by atoms with Gasteiger partial charge in [-0.1, -0.05) is 0 Å². The molecule has 0 spiro atoms. The third-order valence-corrected chi connectivity index (χ3v) is 5.32. The Bertz CT molecular complexity index is 609. The van der Waals surface area contributed by atoms with Gasteiger partial charge >= 0.3 is 0 Å². The van der Waals surface area contributed by atoms with Gasteiger partial charge in [0.25, 0.3) is 5.91 Å². The van der Waals surface area contributed by atoms with Crippen molar-refractivity contribution < 1.29 is 19.1 Å². The zero-order chi connectivity index (χ0) is 18.4. The fourth-order valence-electron chi connectivity index (χ4n) is 3.47. The van der Waals surface area contributed by atoms with Crippen LogP contribution in [0.3, 0.4) is 0 Å². The number of nitrogens with zero attached hydrogens (tertiary/aromatic N) is 3. The molecule has 27 heavy (non-hydrogen) atoms. The number of carbonyl (C=O) groups is 1. The first-order valence-electron chi connectivity index (χ1n) is 9.14. The van der Waals surface area contributed by atoms with Gasteiger partial charge in [-0.2, -0.15) is 0 Å². The molecule has 8 nitrogen and oxygen atoms in total. The molecule has 9 heteroatoms. The minimum absolute atomic E-state index is 0. The highest BCUT2D eigenvalue weighted by molar-refractivity contribution is 14.0. The van der Waals surface area contributed by atoms with Crippen molar-refractivity contribution in [3.63, 3.8) is 0 Å². The summed E-state index contributed by atoms with van der Waals surface area (Å²) in [6.45, 7) is 4.86. The topological polar surface area (TPSA) is 90.5 Å². The van der Waals surface area contributed by atoms with Crippen LogP contribution in [0, 0.1) is 5.41 Å². The minimum Gasteiger partial charge on any atom is -0.459 e. The Balaban J connectivity index is 0.00000261. The fraction of sp³-hybridized carbons (Fsp3) is 0.667. The molecular weight excluding hydrogens is 463 g/mol. The highest BCUT2D eigenvalue weighted by Crippen LogP contribution is 2.29. The van der Waals surface area contributed by atoms with Crippen molar-refractivity contribution in [2.75, 3.05) is 59.6 Å². The van der Waals surface area contributed by atoms with Crippen LogP contribution in [0.2, 0.25) is 0 Å². The standard InChI is InChI=1S/C18H28N4O4.HI/c1-19-17(20-13-18(14-23)4-11-25-12-5-18)22-8-6-21(7-9-22)16(24)15-3-2-10-26-15;/h2-3,10,23H,4-9,11-14H2,1H3,(H,19,20);1H. The molecule has 1 aromatic rings. The Kier molecular flexibility index (Phi) is 8.36. The normalized spacial score (nSPS) is 20.1. The molecule has 0 aromatic carbocycles. The molecule has 0 unspecified atom stereocenters. The summed E-state index contributed by atoms with van der Waals surface area (Å²) in [6.07, 6.45) is 3.21. The number of ether oxygens (including phenoxy) is 1. The summed E-state index contributed by atoms with van der Waals surface area (Å²) in [6, 6.07) is 3.42. The first-order valence-corrected chi connectivity index (χ1v) is 9.14. The number of halogens is 1. The maximum absolute atomic E-state index is 12.3. The van der Waals surface area contributed by atoms with Crippen molar-refractivity contribution in [1.29, 1.82) is 0 Å². The maximum Gasteiger partial charge on any atom is 0.289 e. The summed E-state index contributed by atoms with van der Waals surface area (Å²) in [4.78, 5) is 20.7. The third-order valence-electron chi connectivity index (χ3n) is 5.32. The van der Waals surface area contributed by atoms with Gasteiger partial charge in [-0.05, 0) is 25.0 Å². The van der Waals surface area contributed by atoms with E-state index in [-0.39, 0.29) is 41.9 Å². The molecule has 0 atom stereocenters. The second-order valence-corrected chi connectivity index (χ2v) is 6.93. The van der Waals surface area contributed by atoms with Gasteiger partial charge in [0.05, 0.1) is 12.9 Å². The second-order valence-electron chi connectivity index (χ2n) is 6.93. The number of nitrogens with one attached hydrogen (secondary N) is 1. The molecule has 0 aliphatic carbocycles. The van der Waals surface area contributed by atoms with Crippen LogP contribution in [0.25, 0.3) is 0 Å². The summed E-state index contributed by atoms with van der Waals surface area (Å²) in [5.74, 6) is 1.12. The van der Waals surface area contributed by atoms with E-state index in [0.29, 0.717) is 51.7 Å². The number of piperazine rings is 1. The lowest BCUT2D eigenvalue weighted by atomic mass is 9.81. The van der Waals surface area contributed by atoms with Gasteiger partial charge in [-0.25, -0.2) is 0 Å². The molecule has 2 aliphatic rings. The van der Waals surface area contributed by atoms with E-state index in [1.165, 1.54) is 6.26 Å². The van der Waals surface area contributed by atoms with Gasteiger partial charge in [0.2, 0.25) is 0 Å². The molecule has 3 heterocycles. The molecule has 0 bridgehead atoms. The van der Waals surface area contributed by atoms with Crippen molar-refractivity contribution >= 4 is 35.8 Å². The number of hydrogen-bond acceptors (Lipinski definition) is 5. The average Bonchev–Trinajstić information content (AvgIpc) is 3.24.